The number of ether oxygens (including phenoxy) is 1. The maximum atomic E-state index is 13.6. The van der Waals surface area contributed by atoms with Crippen molar-refractivity contribution in [3.8, 4) is 11.8 Å². The average molecular weight is 288 g/mol. The minimum atomic E-state index is -0.994. The molecule has 0 aromatic heterocycles. The molecular weight excluding hydrogens is 278 g/mol. The van der Waals surface area contributed by atoms with E-state index in [4.69, 9.17) is 10.00 Å². The van der Waals surface area contributed by atoms with Crippen molar-refractivity contribution in [1.29, 1.82) is 5.26 Å². The lowest BCUT2D eigenvalue weighted by molar-refractivity contribution is 0.101. The zero-order valence-corrected chi connectivity index (χ0v) is 11.0. The molecule has 106 valence electrons. The fourth-order valence-electron chi connectivity index (χ4n) is 1.81. The molecule has 2 rings (SSSR count). The van der Waals surface area contributed by atoms with Crippen molar-refractivity contribution in [3.05, 3.63) is 59.2 Å². The van der Waals surface area contributed by atoms with Crippen LogP contribution in [0, 0.1) is 23.0 Å². The molecule has 2 aromatic carbocycles. The number of nitrogens with zero attached hydrogens (tertiary/aromatic N) is 1. The van der Waals surface area contributed by atoms with Crippen molar-refractivity contribution in [2.45, 2.75) is 0 Å². The zero-order chi connectivity index (χ0) is 15.4. The minimum absolute atomic E-state index is 0.0650. The number of rotatable bonds is 3. The molecule has 0 saturated carbocycles. The third kappa shape index (κ3) is 2.82. The van der Waals surface area contributed by atoms with Crippen LogP contribution in [0.5, 0.6) is 5.75 Å². The van der Waals surface area contributed by atoms with Crippen LogP contribution in [0.2, 0.25) is 0 Å². The molecule has 0 spiro atoms. The summed E-state index contributed by atoms with van der Waals surface area (Å²) in [6, 6.07) is 9.53. The number of para-hydroxylation sites is 1. The van der Waals surface area contributed by atoms with Crippen LogP contribution in [-0.4, -0.2) is 13.0 Å². The number of benzene rings is 2. The molecule has 1 N–H and O–H groups in total. The highest BCUT2D eigenvalue weighted by atomic mass is 19.1. The zero-order valence-electron chi connectivity index (χ0n) is 11.0. The molecule has 0 saturated heterocycles. The molecule has 0 aliphatic carbocycles. The normalized spacial score (nSPS) is 9.81. The summed E-state index contributed by atoms with van der Waals surface area (Å²) in [6.45, 7) is 0. The van der Waals surface area contributed by atoms with E-state index >= 15 is 0 Å². The summed E-state index contributed by atoms with van der Waals surface area (Å²) in [7, 11) is 1.36. The van der Waals surface area contributed by atoms with Crippen molar-refractivity contribution in [3.63, 3.8) is 0 Å². The van der Waals surface area contributed by atoms with Gasteiger partial charge in [0.05, 0.1) is 12.7 Å². The summed E-state index contributed by atoms with van der Waals surface area (Å²) in [6.07, 6.45) is 0. The number of nitrogens with one attached hydrogen (secondary N) is 1. The highest BCUT2D eigenvalue weighted by molar-refractivity contribution is 6.06. The standard InChI is InChI=1S/C15H10F2N2O2/c1-21-12-7-2-4-9(8-18)14(12)19-15(20)13-10(16)5-3-6-11(13)17/h2-7H,1H3,(H,19,20). The van der Waals surface area contributed by atoms with Crippen molar-refractivity contribution >= 4 is 11.6 Å². The van der Waals surface area contributed by atoms with Gasteiger partial charge in [-0.15, -0.1) is 0 Å². The van der Waals surface area contributed by atoms with Crippen LogP contribution >= 0.6 is 0 Å². The first-order valence-electron chi connectivity index (χ1n) is 5.91. The molecule has 0 fully saturated rings. The largest absolute Gasteiger partial charge is 0.495 e. The summed E-state index contributed by atoms with van der Waals surface area (Å²) < 4.78 is 32.2. The summed E-state index contributed by atoms with van der Waals surface area (Å²) >= 11 is 0. The number of methoxy groups -OCH3 is 1. The van der Waals surface area contributed by atoms with E-state index in [2.05, 4.69) is 5.32 Å². The highest BCUT2D eigenvalue weighted by Crippen LogP contribution is 2.28. The number of carbonyl (C=O) groups excluding carboxylic acids is 1. The van der Waals surface area contributed by atoms with E-state index in [1.807, 2.05) is 6.07 Å². The second kappa shape index (κ2) is 6.01. The van der Waals surface area contributed by atoms with E-state index in [0.29, 0.717) is 0 Å². The van der Waals surface area contributed by atoms with Gasteiger partial charge in [0.15, 0.2) is 0 Å². The average Bonchev–Trinajstić information content (AvgIpc) is 2.47. The molecule has 21 heavy (non-hydrogen) atoms. The maximum absolute atomic E-state index is 13.6. The molecule has 0 heterocycles. The summed E-state index contributed by atoms with van der Waals surface area (Å²) in [4.78, 5) is 12.0. The number of hydrogen-bond acceptors (Lipinski definition) is 3. The Labute approximate surface area is 119 Å². The van der Waals surface area contributed by atoms with E-state index in [1.165, 1.54) is 19.2 Å². The maximum Gasteiger partial charge on any atom is 0.261 e. The Bertz CT molecular complexity index is 719. The fourth-order valence-corrected chi connectivity index (χ4v) is 1.81. The Morgan fingerprint density at radius 1 is 1.19 bits per heavy atom. The number of anilines is 1. The molecule has 6 heteroatoms. The second-order valence-electron chi connectivity index (χ2n) is 4.05. The van der Waals surface area contributed by atoms with Gasteiger partial charge in [0.1, 0.15) is 34.7 Å². The van der Waals surface area contributed by atoms with Gasteiger partial charge >= 0.3 is 0 Å². The van der Waals surface area contributed by atoms with E-state index in [9.17, 15) is 13.6 Å². The van der Waals surface area contributed by atoms with Crippen molar-refractivity contribution < 1.29 is 18.3 Å². The molecule has 0 unspecified atom stereocenters. The van der Waals surface area contributed by atoms with Gasteiger partial charge in [0, 0.05) is 0 Å². The monoisotopic (exact) mass is 288 g/mol. The molecule has 1 amide bonds. The van der Waals surface area contributed by atoms with E-state index < -0.39 is 23.1 Å². The van der Waals surface area contributed by atoms with E-state index in [-0.39, 0.29) is 17.0 Å². The van der Waals surface area contributed by atoms with Crippen LogP contribution in [0.3, 0.4) is 0 Å². The van der Waals surface area contributed by atoms with E-state index in [1.54, 1.807) is 6.07 Å². The Morgan fingerprint density at radius 2 is 1.81 bits per heavy atom. The van der Waals surface area contributed by atoms with Crippen LogP contribution < -0.4 is 10.1 Å². The first kappa shape index (κ1) is 14.5. The van der Waals surface area contributed by atoms with Gasteiger partial charge in [-0.2, -0.15) is 5.26 Å². The Balaban J connectivity index is 2.44. The van der Waals surface area contributed by atoms with Gasteiger partial charge in [-0.05, 0) is 24.3 Å². The SMILES string of the molecule is COc1cccc(C#N)c1NC(=O)c1c(F)cccc1F. The first-order chi connectivity index (χ1) is 10.1. The van der Waals surface area contributed by atoms with Gasteiger partial charge in [0.2, 0.25) is 0 Å². The molecule has 0 bridgehead atoms. The van der Waals surface area contributed by atoms with Crippen LogP contribution in [0.15, 0.2) is 36.4 Å². The number of halogens is 2. The third-order valence-electron chi connectivity index (χ3n) is 2.79. The predicted octanol–water partition coefficient (Wildman–Crippen LogP) is 3.10. The number of carbonyl (C=O) groups is 1. The Hall–Kier alpha value is -2.94. The lowest BCUT2D eigenvalue weighted by Crippen LogP contribution is -2.17. The third-order valence-corrected chi connectivity index (χ3v) is 2.79. The highest BCUT2D eigenvalue weighted by Gasteiger charge is 2.20. The molecule has 0 radical (unpaired) electrons. The minimum Gasteiger partial charge on any atom is -0.495 e. The topological polar surface area (TPSA) is 62.1 Å². The van der Waals surface area contributed by atoms with Crippen molar-refractivity contribution in [2.24, 2.45) is 0 Å². The number of hydrogen-bond donors (Lipinski definition) is 1. The molecule has 2 aromatic rings. The predicted molar refractivity (Wildman–Crippen MR) is 72.0 cm³/mol. The van der Waals surface area contributed by atoms with E-state index in [0.717, 1.165) is 18.2 Å². The van der Waals surface area contributed by atoms with Gasteiger partial charge in [0.25, 0.3) is 5.91 Å². The quantitative estimate of drug-likeness (QED) is 0.944. The molecule has 0 aliphatic rings. The van der Waals surface area contributed by atoms with Crippen LogP contribution in [-0.2, 0) is 0 Å². The Kier molecular flexibility index (Phi) is 4.14. The van der Waals surface area contributed by atoms with Gasteiger partial charge in [-0.1, -0.05) is 12.1 Å². The van der Waals surface area contributed by atoms with Crippen molar-refractivity contribution in [2.75, 3.05) is 12.4 Å². The smallest absolute Gasteiger partial charge is 0.261 e. The van der Waals surface area contributed by atoms with Gasteiger partial charge < -0.3 is 10.1 Å². The van der Waals surface area contributed by atoms with Gasteiger partial charge in [-0.3, -0.25) is 4.79 Å². The molecule has 0 aliphatic heterocycles. The fraction of sp³-hybridized carbons (Fsp3) is 0.0667. The summed E-state index contributed by atoms with van der Waals surface area (Å²) in [5.74, 6) is -2.74. The van der Waals surface area contributed by atoms with Crippen LogP contribution in [0.1, 0.15) is 15.9 Å². The summed E-state index contributed by atoms with van der Waals surface area (Å²) in [5, 5.41) is 11.3. The summed E-state index contributed by atoms with van der Waals surface area (Å²) in [5.41, 5.74) is -0.526. The van der Waals surface area contributed by atoms with Crippen molar-refractivity contribution in [1.82, 2.24) is 0 Å². The number of amides is 1. The van der Waals surface area contributed by atoms with Gasteiger partial charge in [-0.25, -0.2) is 8.78 Å². The first-order valence-corrected chi connectivity index (χ1v) is 5.91. The Morgan fingerprint density at radius 3 is 2.38 bits per heavy atom. The lowest BCUT2D eigenvalue weighted by Gasteiger charge is -2.12. The van der Waals surface area contributed by atoms with Crippen LogP contribution in [0.4, 0.5) is 14.5 Å². The molecular formula is C15H10F2N2O2. The molecule has 4 nitrogen and oxygen atoms in total. The molecule has 0 atom stereocenters. The second-order valence-corrected chi connectivity index (χ2v) is 4.05. The lowest BCUT2D eigenvalue weighted by atomic mass is 10.1. The number of nitriles is 1. The van der Waals surface area contributed by atoms with Crippen LogP contribution in [0.25, 0.3) is 0 Å².